The largest absolute Gasteiger partial charge is 0.339 e. The summed E-state index contributed by atoms with van der Waals surface area (Å²) >= 11 is 3.26. The Kier molecular flexibility index (Phi) is 5.02. The molecule has 0 unspecified atom stereocenters. The Balaban J connectivity index is 1.53. The van der Waals surface area contributed by atoms with Crippen LogP contribution in [0.2, 0.25) is 0 Å². The van der Waals surface area contributed by atoms with Gasteiger partial charge < -0.3 is 4.52 Å². The molecular weight excluding hydrogens is 335 g/mol. The van der Waals surface area contributed by atoms with Crippen LogP contribution in [-0.2, 0) is 6.42 Å². The predicted octanol–water partition coefficient (Wildman–Crippen LogP) is 4.07. The molecule has 120 valence electrons. The number of aromatic nitrogens is 4. The number of hydrogen-bond donors (Lipinski definition) is 0. The number of nitrogens with zero attached hydrogens (tertiary/aromatic N) is 4. The molecular formula is C15H15FN4OS2. The number of thioether (sulfide) groups is 1. The van der Waals surface area contributed by atoms with Crippen molar-refractivity contribution >= 4 is 23.1 Å². The minimum atomic E-state index is -0.266. The second-order valence-corrected chi connectivity index (χ2v) is 7.54. The molecule has 0 amide bonds. The molecule has 3 rings (SSSR count). The van der Waals surface area contributed by atoms with E-state index in [0.717, 1.165) is 21.5 Å². The smallest absolute Gasteiger partial charge is 0.226 e. The summed E-state index contributed by atoms with van der Waals surface area (Å²) in [5.74, 6) is 1.63. The van der Waals surface area contributed by atoms with Crippen LogP contribution in [0.1, 0.15) is 22.9 Å². The van der Waals surface area contributed by atoms with Crippen LogP contribution < -0.4 is 0 Å². The van der Waals surface area contributed by atoms with Crippen molar-refractivity contribution in [2.45, 2.75) is 31.0 Å². The summed E-state index contributed by atoms with van der Waals surface area (Å²) in [6.07, 6.45) is 1.58. The van der Waals surface area contributed by atoms with Crippen molar-refractivity contribution in [2.75, 3.05) is 5.75 Å². The summed E-state index contributed by atoms with van der Waals surface area (Å²) in [7, 11) is 0. The van der Waals surface area contributed by atoms with Crippen LogP contribution in [0.15, 0.2) is 27.1 Å². The normalized spacial score (nSPS) is 11.1. The average molecular weight is 350 g/mol. The standard InChI is InChI=1S/C15H15FN4OS2/c1-9-5-6-11(8-12(9)16)14-17-13(21-20-14)4-3-7-22-15-19-18-10(2)23-15/h5-6,8H,3-4,7H2,1-2H3. The molecule has 0 spiro atoms. The summed E-state index contributed by atoms with van der Waals surface area (Å²) < 4.78 is 19.8. The predicted molar refractivity (Wildman–Crippen MR) is 88.1 cm³/mol. The van der Waals surface area contributed by atoms with Crippen LogP contribution in [0.3, 0.4) is 0 Å². The van der Waals surface area contributed by atoms with Crippen LogP contribution in [-0.4, -0.2) is 26.1 Å². The third-order valence-electron chi connectivity index (χ3n) is 3.17. The number of halogens is 1. The lowest BCUT2D eigenvalue weighted by Crippen LogP contribution is -1.89. The van der Waals surface area contributed by atoms with E-state index in [1.807, 2.05) is 6.92 Å². The van der Waals surface area contributed by atoms with Crippen molar-refractivity contribution in [2.24, 2.45) is 0 Å². The van der Waals surface area contributed by atoms with Crippen molar-refractivity contribution in [3.63, 3.8) is 0 Å². The molecule has 0 bridgehead atoms. The van der Waals surface area contributed by atoms with Crippen molar-refractivity contribution in [3.05, 3.63) is 40.5 Å². The fraction of sp³-hybridized carbons (Fsp3) is 0.333. The van der Waals surface area contributed by atoms with Gasteiger partial charge in [0.05, 0.1) is 0 Å². The molecule has 0 fully saturated rings. The zero-order valence-corrected chi connectivity index (χ0v) is 14.4. The van der Waals surface area contributed by atoms with Crippen LogP contribution in [0, 0.1) is 19.7 Å². The van der Waals surface area contributed by atoms with Crippen LogP contribution in [0.5, 0.6) is 0 Å². The number of rotatable bonds is 6. The SMILES string of the molecule is Cc1nnc(SCCCc2nc(-c3ccc(C)c(F)c3)no2)s1. The highest BCUT2D eigenvalue weighted by molar-refractivity contribution is 8.01. The summed E-state index contributed by atoms with van der Waals surface area (Å²) in [4.78, 5) is 4.32. The van der Waals surface area contributed by atoms with E-state index in [4.69, 9.17) is 4.52 Å². The van der Waals surface area contributed by atoms with E-state index in [2.05, 4.69) is 20.3 Å². The minimum Gasteiger partial charge on any atom is -0.339 e. The zero-order chi connectivity index (χ0) is 16.2. The molecule has 0 saturated carbocycles. The molecule has 2 heterocycles. The lowest BCUT2D eigenvalue weighted by Gasteiger charge is -1.97. The first-order valence-corrected chi connectivity index (χ1v) is 8.94. The molecule has 0 atom stereocenters. The quantitative estimate of drug-likeness (QED) is 0.493. The molecule has 3 aromatic rings. The Bertz CT molecular complexity index is 802. The van der Waals surface area contributed by atoms with Crippen molar-refractivity contribution in [1.29, 1.82) is 0 Å². The summed E-state index contributed by atoms with van der Waals surface area (Å²) in [6.45, 7) is 3.66. The number of aryl methyl sites for hydroxylation is 3. The first kappa shape index (κ1) is 16.1. The van der Waals surface area contributed by atoms with Gasteiger partial charge >= 0.3 is 0 Å². The molecule has 0 aliphatic carbocycles. The molecule has 0 radical (unpaired) electrons. The van der Waals surface area contributed by atoms with Gasteiger partial charge in [0, 0.05) is 17.7 Å². The van der Waals surface area contributed by atoms with Gasteiger partial charge in [-0.15, -0.1) is 10.2 Å². The van der Waals surface area contributed by atoms with E-state index in [1.165, 1.54) is 6.07 Å². The van der Waals surface area contributed by atoms with E-state index < -0.39 is 0 Å². The maximum absolute atomic E-state index is 13.6. The number of hydrogen-bond acceptors (Lipinski definition) is 7. The molecule has 0 saturated heterocycles. The van der Waals surface area contributed by atoms with Crippen LogP contribution >= 0.6 is 23.1 Å². The summed E-state index contributed by atoms with van der Waals surface area (Å²) in [5.41, 5.74) is 1.23. The second-order valence-electron chi connectivity index (χ2n) is 5.01. The lowest BCUT2D eigenvalue weighted by atomic mass is 10.1. The van der Waals surface area contributed by atoms with Crippen LogP contribution in [0.4, 0.5) is 4.39 Å². The Morgan fingerprint density at radius 3 is 2.87 bits per heavy atom. The third-order valence-corrected chi connectivity index (χ3v) is 5.22. The van der Waals surface area contributed by atoms with Gasteiger partial charge in [-0.2, -0.15) is 4.98 Å². The highest BCUT2D eigenvalue weighted by atomic mass is 32.2. The first-order chi connectivity index (χ1) is 11.1. The molecule has 0 N–H and O–H groups in total. The van der Waals surface area contributed by atoms with Crippen LogP contribution in [0.25, 0.3) is 11.4 Å². The second kappa shape index (κ2) is 7.18. The monoisotopic (exact) mass is 350 g/mol. The highest BCUT2D eigenvalue weighted by Crippen LogP contribution is 2.23. The highest BCUT2D eigenvalue weighted by Gasteiger charge is 2.10. The van der Waals surface area contributed by atoms with Gasteiger partial charge in [0.25, 0.3) is 0 Å². The fourth-order valence-electron chi connectivity index (χ4n) is 1.93. The van der Waals surface area contributed by atoms with Gasteiger partial charge in [0.15, 0.2) is 4.34 Å². The molecule has 23 heavy (non-hydrogen) atoms. The maximum Gasteiger partial charge on any atom is 0.226 e. The van der Waals surface area contributed by atoms with Gasteiger partial charge in [0.1, 0.15) is 10.8 Å². The third kappa shape index (κ3) is 4.14. The Hall–Kier alpha value is -1.80. The van der Waals surface area contributed by atoms with E-state index in [-0.39, 0.29) is 5.82 Å². The van der Waals surface area contributed by atoms with Gasteiger partial charge in [-0.3, -0.25) is 0 Å². The molecule has 0 aliphatic heterocycles. The van der Waals surface area contributed by atoms with E-state index in [0.29, 0.717) is 29.3 Å². The van der Waals surface area contributed by atoms with E-state index >= 15 is 0 Å². The lowest BCUT2D eigenvalue weighted by molar-refractivity contribution is 0.378. The topological polar surface area (TPSA) is 64.7 Å². The average Bonchev–Trinajstić information content (AvgIpc) is 3.16. The van der Waals surface area contributed by atoms with Gasteiger partial charge in [-0.25, -0.2) is 4.39 Å². The Labute approximate surface area is 141 Å². The molecule has 2 aromatic heterocycles. The van der Waals surface area contributed by atoms with Gasteiger partial charge in [-0.05, 0) is 31.9 Å². The van der Waals surface area contributed by atoms with Crippen molar-refractivity contribution in [1.82, 2.24) is 20.3 Å². The zero-order valence-electron chi connectivity index (χ0n) is 12.7. The molecule has 8 heteroatoms. The minimum absolute atomic E-state index is 0.266. The molecule has 5 nitrogen and oxygen atoms in total. The number of benzene rings is 1. The van der Waals surface area contributed by atoms with E-state index in [9.17, 15) is 4.39 Å². The summed E-state index contributed by atoms with van der Waals surface area (Å²) in [5, 5.41) is 12.9. The van der Waals surface area contributed by atoms with Crippen molar-refractivity contribution < 1.29 is 8.91 Å². The van der Waals surface area contributed by atoms with Gasteiger partial charge in [0.2, 0.25) is 11.7 Å². The van der Waals surface area contributed by atoms with E-state index in [1.54, 1.807) is 42.2 Å². The van der Waals surface area contributed by atoms with Gasteiger partial charge in [-0.1, -0.05) is 40.4 Å². The Morgan fingerprint density at radius 2 is 2.13 bits per heavy atom. The summed E-state index contributed by atoms with van der Waals surface area (Å²) in [6, 6.07) is 4.93. The molecule has 1 aromatic carbocycles. The first-order valence-electron chi connectivity index (χ1n) is 7.14. The van der Waals surface area contributed by atoms with Crippen molar-refractivity contribution in [3.8, 4) is 11.4 Å². The Morgan fingerprint density at radius 1 is 1.26 bits per heavy atom. The molecule has 0 aliphatic rings. The fourth-order valence-corrected chi connectivity index (χ4v) is 3.75. The maximum atomic E-state index is 13.6.